The molecule has 1 N–H and O–H groups in total. The van der Waals surface area contributed by atoms with Gasteiger partial charge in [-0.05, 0) is 43.2 Å². The van der Waals surface area contributed by atoms with Crippen LogP contribution in [0.25, 0.3) is 0 Å². The van der Waals surface area contributed by atoms with Crippen LogP contribution in [0.15, 0.2) is 34.7 Å². The molecule has 142 valence electrons. The van der Waals surface area contributed by atoms with Gasteiger partial charge in [-0.15, -0.1) is 0 Å². The van der Waals surface area contributed by atoms with Crippen LogP contribution >= 0.6 is 0 Å². The van der Waals surface area contributed by atoms with Crippen molar-refractivity contribution in [3.63, 3.8) is 0 Å². The van der Waals surface area contributed by atoms with E-state index in [-0.39, 0.29) is 17.7 Å². The van der Waals surface area contributed by atoms with Gasteiger partial charge in [0.15, 0.2) is 17.3 Å². The Morgan fingerprint density at radius 2 is 2.00 bits per heavy atom. The van der Waals surface area contributed by atoms with Gasteiger partial charge < -0.3 is 23.9 Å². The van der Waals surface area contributed by atoms with E-state index in [1.54, 1.807) is 26.4 Å². The standard InChI is InChI=1S/C20H27NO5/c1-5-6-11-25-17-9-7-15(12-19(17)24-4)14(2)21-20(22)18-10-8-16(26-18)13-23-3/h7-10,12,14H,5-6,11,13H2,1-4H3,(H,21,22). The van der Waals surface area contributed by atoms with Crippen LogP contribution in [0.5, 0.6) is 11.5 Å². The topological polar surface area (TPSA) is 69.9 Å². The van der Waals surface area contributed by atoms with Crippen LogP contribution in [0.3, 0.4) is 0 Å². The van der Waals surface area contributed by atoms with Crippen molar-refractivity contribution < 1.29 is 23.4 Å². The first-order chi connectivity index (χ1) is 12.6. The van der Waals surface area contributed by atoms with E-state index in [0.29, 0.717) is 30.5 Å². The van der Waals surface area contributed by atoms with Crippen LogP contribution < -0.4 is 14.8 Å². The minimum atomic E-state index is -0.276. The van der Waals surface area contributed by atoms with Crippen molar-refractivity contribution in [3.8, 4) is 11.5 Å². The molecule has 0 aliphatic heterocycles. The van der Waals surface area contributed by atoms with Crippen molar-refractivity contribution in [2.75, 3.05) is 20.8 Å². The molecule has 1 aromatic heterocycles. The summed E-state index contributed by atoms with van der Waals surface area (Å²) in [4.78, 5) is 12.3. The highest BCUT2D eigenvalue weighted by molar-refractivity contribution is 5.91. The van der Waals surface area contributed by atoms with Gasteiger partial charge in [0.1, 0.15) is 12.4 Å². The number of nitrogens with one attached hydrogen (secondary N) is 1. The first kappa shape index (κ1) is 19.8. The molecule has 6 nitrogen and oxygen atoms in total. The highest BCUT2D eigenvalue weighted by Crippen LogP contribution is 2.30. The van der Waals surface area contributed by atoms with Crippen LogP contribution in [0.2, 0.25) is 0 Å². The number of carbonyl (C=O) groups excluding carboxylic acids is 1. The number of carbonyl (C=O) groups is 1. The average Bonchev–Trinajstić information content (AvgIpc) is 3.11. The summed E-state index contributed by atoms with van der Waals surface area (Å²) >= 11 is 0. The lowest BCUT2D eigenvalue weighted by Gasteiger charge is -2.16. The molecule has 1 unspecified atom stereocenters. The molecule has 1 aromatic carbocycles. The van der Waals surface area contributed by atoms with Crippen molar-refractivity contribution >= 4 is 5.91 Å². The minimum absolute atomic E-state index is 0.211. The Hall–Kier alpha value is -2.47. The predicted octanol–water partition coefficient (Wildman–Crippen LogP) is 4.10. The molecule has 0 bridgehead atoms. The number of benzene rings is 1. The molecule has 0 radical (unpaired) electrons. The van der Waals surface area contributed by atoms with E-state index in [9.17, 15) is 4.79 Å². The number of hydrogen-bond donors (Lipinski definition) is 1. The Morgan fingerprint density at radius 1 is 1.19 bits per heavy atom. The van der Waals surface area contributed by atoms with Crippen LogP contribution in [0, 0.1) is 0 Å². The number of methoxy groups -OCH3 is 2. The van der Waals surface area contributed by atoms with Crippen molar-refractivity contribution in [3.05, 3.63) is 47.4 Å². The zero-order valence-electron chi connectivity index (χ0n) is 15.8. The second kappa shape index (κ2) is 9.87. The third kappa shape index (κ3) is 5.26. The van der Waals surface area contributed by atoms with Crippen molar-refractivity contribution in [1.29, 1.82) is 0 Å². The molecule has 0 fully saturated rings. The summed E-state index contributed by atoms with van der Waals surface area (Å²) in [6.45, 7) is 5.01. The molecule has 26 heavy (non-hydrogen) atoms. The lowest BCUT2D eigenvalue weighted by Crippen LogP contribution is -2.26. The van der Waals surface area contributed by atoms with Crippen LogP contribution in [0.1, 0.15) is 54.6 Å². The normalized spacial score (nSPS) is 11.8. The fraction of sp³-hybridized carbons (Fsp3) is 0.450. The predicted molar refractivity (Wildman–Crippen MR) is 98.7 cm³/mol. The summed E-state index contributed by atoms with van der Waals surface area (Å²) in [5, 5.41) is 2.92. The number of furan rings is 1. The lowest BCUT2D eigenvalue weighted by atomic mass is 10.1. The summed E-state index contributed by atoms with van der Waals surface area (Å²) in [7, 11) is 3.18. The van der Waals surface area contributed by atoms with Gasteiger partial charge in [-0.3, -0.25) is 4.79 Å². The van der Waals surface area contributed by atoms with Crippen molar-refractivity contribution in [2.45, 2.75) is 39.3 Å². The second-order valence-corrected chi connectivity index (χ2v) is 6.01. The number of unbranched alkanes of at least 4 members (excludes halogenated alkanes) is 1. The zero-order valence-corrected chi connectivity index (χ0v) is 15.8. The van der Waals surface area contributed by atoms with Gasteiger partial charge in [-0.25, -0.2) is 0 Å². The van der Waals surface area contributed by atoms with Crippen LogP contribution in [0.4, 0.5) is 0 Å². The second-order valence-electron chi connectivity index (χ2n) is 6.01. The molecule has 2 rings (SSSR count). The molecule has 0 saturated heterocycles. The summed E-state index contributed by atoms with van der Waals surface area (Å²) in [6, 6.07) is 8.83. The number of ether oxygens (including phenoxy) is 3. The highest BCUT2D eigenvalue weighted by atomic mass is 16.5. The fourth-order valence-electron chi connectivity index (χ4n) is 2.47. The molecule has 0 spiro atoms. The highest BCUT2D eigenvalue weighted by Gasteiger charge is 2.16. The third-order valence-corrected chi connectivity index (χ3v) is 3.96. The quantitative estimate of drug-likeness (QED) is 0.645. The van der Waals surface area contributed by atoms with Gasteiger partial charge in [0.25, 0.3) is 5.91 Å². The average molecular weight is 361 g/mol. The number of rotatable bonds is 10. The van der Waals surface area contributed by atoms with E-state index in [0.717, 1.165) is 18.4 Å². The summed E-state index contributed by atoms with van der Waals surface area (Å²) in [5.74, 6) is 1.96. The van der Waals surface area contributed by atoms with E-state index in [4.69, 9.17) is 18.6 Å². The van der Waals surface area contributed by atoms with E-state index in [1.165, 1.54) is 0 Å². The molecule has 1 atom stereocenters. The van der Waals surface area contributed by atoms with E-state index >= 15 is 0 Å². The first-order valence-electron chi connectivity index (χ1n) is 8.78. The van der Waals surface area contributed by atoms with Crippen molar-refractivity contribution in [2.24, 2.45) is 0 Å². The largest absolute Gasteiger partial charge is 0.493 e. The van der Waals surface area contributed by atoms with Gasteiger partial charge in [0, 0.05) is 7.11 Å². The Bertz CT molecular complexity index is 710. The molecule has 6 heteroatoms. The lowest BCUT2D eigenvalue weighted by molar-refractivity contribution is 0.0903. The Labute approximate surface area is 154 Å². The Morgan fingerprint density at radius 3 is 2.69 bits per heavy atom. The van der Waals surface area contributed by atoms with Gasteiger partial charge in [0.2, 0.25) is 0 Å². The molecule has 0 aliphatic carbocycles. The fourth-order valence-corrected chi connectivity index (χ4v) is 2.47. The van der Waals surface area contributed by atoms with Gasteiger partial charge in [-0.1, -0.05) is 19.4 Å². The van der Waals surface area contributed by atoms with Crippen molar-refractivity contribution in [1.82, 2.24) is 5.32 Å². The maximum Gasteiger partial charge on any atom is 0.287 e. The number of amides is 1. The van der Waals surface area contributed by atoms with E-state index < -0.39 is 0 Å². The summed E-state index contributed by atoms with van der Waals surface area (Å²) in [5.41, 5.74) is 0.918. The van der Waals surface area contributed by atoms with Crippen LogP contribution in [-0.4, -0.2) is 26.7 Å². The maximum atomic E-state index is 12.3. The minimum Gasteiger partial charge on any atom is -0.493 e. The van der Waals surface area contributed by atoms with Gasteiger partial charge >= 0.3 is 0 Å². The number of hydrogen-bond acceptors (Lipinski definition) is 5. The molecule has 0 saturated carbocycles. The maximum absolute atomic E-state index is 12.3. The Kier molecular flexibility index (Phi) is 7.53. The third-order valence-electron chi connectivity index (χ3n) is 3.96. The molecule has 1 heterocycles. The van der Waals surface area contributed by atoms with Gasteiger partial charge in [0.05, 0.1) is 19.8 Å². The Balaban J connectivity index is 2.03. The molecule has 1 amide bonds. The summed E-state index contributed by atoms with van der Waals surface area (Å²) < 4.78 is 21.6. The molecule has 0 aliphatic rings. The molecular formula is C20H27NO5. The zero-order chi connectivity index (χ0) is 18.9. The van der Waals surface area contributed by atoms with Crippen LogP contribution in [-0.2, 0) is 11.3 Å². The molecule has 2 aromatic rings. The SMILES string of the molecule is CCCCOc1ccc(C(C)NC(=O)c2ccc(COC)o2)cc1OC. The monoisotopic (exact) mass is 361 g/mol. The van der Waals surface area contributed by atoms with E-state index in [1.807, 2.05) is 25.1 Å². The smallest absolute Gasteiger partial charge is 0.287 e. The summed E-state index contributed by atoms with van der Waals surface area (Å²) in [6.07, 6.45) is 2.06. The first-order valence-corrected chi connectivity index (χ1v) is 8.78. The van der Waals surface area contributed by atoms with E-state index in [2.05, 4.69) is 12.2 Å². The molecular weight excluding hydrogens is 334 g/mol. The van der Waals surface area contributed by atoms with Gasteiger partial charge in [-0.2, -0.15) is 0 Å².